The van der Waals surface area contributed by atoms with Crippen LogP contribution in [0, 0.1) is 5.41 Å². The van der Waals surface area contributed by atoms with E-state index in [2.05, 4.69) is 24.1 Å². The van der Waals surface area contributed by atoms with Crippen molar-refractivity contribution in [2.45, 2.75) is 39.2 Å². The van der Waals surface area contributed by atoms with Gasteiger partial charge in [0.15, 0.2) is 0 Å². The van der Waals surface area contributed by atoms with E-state index in [4.69, 9.17) is 5.11 Å². The van der Waals surface area contributed by atoms with Crippen molar-refractivity contribution in [2.75, 3.05) is 5.32 Å². The molecule has 1 heterocycles. The Hall–Kier alpha value is -1.58. The summed E-state index contributed by atoms with van der Waals surface area (Å²) in [4.78, 5) is 15.0. The lowest BCUT2D eigenvalue weighted by Crippen LogP contribution is -2.19. The number of pyridine rings is 1. The quantitative estimate of drug-likeness (QED) is 0.844. The number of nitrogens with one attached hydrogen (secondary N) is 1. The summed E-state index contributed by atoms with van der Waals surface area (Å²) in [6.45, 7) is 4.49. The van der Waals surface area contributed by atoms with E-state index < -0.39 is 5.97 Å². The molecule has 1 fully saturated rings. The van der Waals surface area contributed by atoms with E-state index in [1.54, 1.807) is 6.20 Å². The number of rotatable bonds is 3. The van der Waals surface area contributed by atoms with Crippen LogP contribution in [-0.4, -0.2) is 22.1 Å². The molecule has 1 aliphatic rings. The van der Waals surface area contributed by atoms with Crippen LogP contribution in [0.1, 0.15) is 43.5 Å². The van der Waals surface area contributed by atoms with E-state index >= 15 is 0 Å². The molecule has 0 saturated heterocycles. The second kappa shape index (κ2) is 4.35. The minimum Gasteiger partial charge on any atom is -0.478 e. The highest BCUT2D eigenvalue weighted by molar-refractivity contribution is 5.93. The fourth-order valence-corrected chi connectivity index (χ4v) is 2.48. The van der Waals surface area contributed by atoms with Gasteiger partial charge in [0.25, 0.3) is 0 Å². The molecule has 2 N–H and O–H groups in total. The Labute approximate surface area is 101 Å². The first kappa shape index (κ1) is 11.9. The molecular formula is C13H18N2O2. The van der Waals surface area contributed by atoms with Crippen LogP contribution >= 0.6 is 0 Å². The summed E-state index contributed by atoms with van der Waals surface area (Å²) in [5.41, 5.74) is 1.27. The summed E-state index contributed by atoms with van der Waals surface area (Å²) in [5, 5.41) is 12.4. The average molecular weight is 234 g/mol. The molecule has 17 heavy (non-hydrogen) atoms. The highest BCUT2D eigenvalue weighted by Crippen LogP contribution is 2.38. The third-order valence-electron chi connectivity index (χ3n) is 3.38. The van der Waals surface area contributed by atoms with Crippen molar-refractivity contribution in [1.82, 2.24) is 4.98 Å². The molecule has 92 valence electrons. The van der Waals surface area contributed by atoms with Crippen LogP contribution in [-0.2, 0) is 0 Å². The molecule has 0 aromatic carbocycles. The number of carboxylic acids is 1. The first-order chi connectivity index (χ1) is 7.98. The Morgan fingerprint density at radius 3 is 2.94 bits per heavy atom. The van der Waals surface area contributed by atoms with Crippen LogP contribution in [0.15, 0.2) is 18.5 Å². The lowest BCUT2D eigenvalue weighted by Gasteiger charge is -2.19. The number of hydrogen-bond donors (Lipinski definition) is 2. The summed E-state index contributed by atoms with van der Waals surface area (Å²) in [5.74, 6) is -0.910. The van der Waals surface area contributed by atoms with E-state index in [1.165, 1.54) is 18.7 Å². The maximum atomic E-state index is 11.1. The summed E-state index contributed by atoms with van der Waals surface area (Å²) in [7, 11) is 0. The van der Waals surface area contributed by atoms with Crippen LogP contribution in [0.3, 0.4) is 0 Å². The second-order valence-corrected chi connectivity index (χ2v) is 5.47. The predicted octanol–water partition coefficient (Wildman–Crippen LogP) is 2.77. The molecular weight excluding hydrogens is 216 g/mol. The third-order valence-corrected chi connectivity index (χ3v) is 3.38. The van der Waals surface area contributed by atoms with Gasteiger partial charge >= 0.3 is 5.97 Å². The summed E-state index contributed by atoms with van der Waals surface area (Å²) >= 11 is 0. The maximum absolute atomic E-state index is 11.1. The molecule has 1 aliphatic carbocycles. The topological polar surface area (TPSA) is 62.2 Å². The van der Waals surface area contributed by atoms with E-state index in [-0.39, 0.29) is 0 Å². The standard InChI is InChI=1S/C13H18N2O2/c1-13(2)5-3-9(7-13)15-11-8-14-6-4-10(11)12(16)17/h4,6,8-9,15H,3,5,7H2,1-2H3,(H,16,17). The van der Waals surface area contributed by atoms with Crippen molar-refractivity contribution < 1.29 is 9.90 Å². The van der Waals surface area contributed by atoms with Crippen molar-refractivity contribution in [3.05, 3.63) is 24.0 Å². The maximum Gasteiger partial charge on any atom is 0.337 e. The minimum absolute atomic E-state index is 0.296. The number of carboxylic acid groups (broad SMARTS) is 1. The minimum atomic E-state index is -0.910. The first-order valence-electron chi connectivity index (χ1n) is 5.92. The van der Waals surface area contributed by atoms with Crippen LogP contribution in [0.25, 0.3) is 0 Å². The number of anilines is 1. The van der Waals surface area contributed by atoms with Crippen LogP contribution in [0.2, 0.25) is 0 Å². The SMILES string of the molecule is CC1(C)CCC(Nc2cnccc2C(=O)O)C1. The third kappa shape index (κ3) is 2.75. The Balaban J connectivity index is 2.12. The Kier molecular flexibility index (Phi) is 3.05. The lowest BCUT2D eigenvalue weighted by molar-refractivity contribution is 0.0698. The van der Waals surface area contributed by atoms with Crippen molar-refractivity contribution in [1.29, 1.82) is 0 Å². The zero-order valence-electron chi connectivity index (χ0n) is 10.2. The molecule has 0 bridgehead atoms. The second-order valence-electron chi connectivity index (χ2n) is 5.47. The number of carbonyl (C=O) groups is 1. The number of aromatic nitrogens is 1. The Morgan fingerprint density at radius 1 is 1.59 bits per heavy atom. The van der Waals surface area contributed by atoms with Gasteiger partial charge in [-0.2, -0.15) is 0 Å². The fraction of sp³-hybridized carbons (Fsp3) is 0.538. The highest BCUT2D eigenvalue weighted by Gasteiger charge is 2.31. The Bertz CT molecular complexity index is 429. The molecule has 0 amide bonds. The van der Waals surface area contributed by atoms with Gasteiger partial charge in [-0.25, -0.2) is 4.79 Å². The van der Waals surface area contributed by atoms with Crippen molar-refractivity contribution in [3.63, 3.8) is 0 Å². The summed E-state index contributed by atoms with van der Waals surface area (Å²) in [6, 6.07) is 1.89. The average Bonchev–Trinajstić information content (AvgIpc) is 2.58. The molecule has 1 saturated carbocycles. The molecule has 0 aliphatic heterocycles. The number of nitrogens with zero attached hydrogens (tertiary/aromatic N) is 1. The molecule has 1 aromatic rings. The van der Waals surface area contributed by atoms with Crippen LogP contribution < -0.4 is 5.32 Å². The molecule has 1 atom stereocenters. The van der Waals surface area contributed by atoms with Gasteiger partial charge in [-0.05, 0) is 30.7 Å². The Morgan fingerprint density at radius 2 is 2.35 bits per heavy atom. The molecule has 4 heteroatoms. The monoisotopic (exact) mass is 234 g/mol. The van der Waals surface area contributed by atoms with Gasteiger partial charge in [0, 0.05) is 12.2 Å². The zero-order chi connectivity index (χ0) is 12.5. The first-order valence-corrected chi connectivity index (χ1v) is 5.92. The van der Waals surface area contributed by atoms with E-state index in [0.29, 0.717) is 22.7 Å². The van der Waals surface area contributed by atoms with E-state index in [9.17, 15) is 4.79 Å². The molecule has 4 nitrogen and oxygen atoms in total. The number of aromatic carboxylic acids is 1. The highest BCUT2D eigenvalue weighted by atomic mass is 16.4. The van der Waals surface area contributed by atoms with Gasteiger partial charge in [-0.1, -0.05) is 13.8 Å². The molecule has 1 aromatic heterocycles. The molecule has 0 radical (unpaired) electrons. The van der Waals surface area contributed by atoms with Crippen LogP contribution in [0.4, 0.5) is 5.69 Å². The van der Waals surface area contributed by atoms with Crippen molar-refractivity contribution in [3.8, 4) is 0 Å². The van der Waals surface area contributed by atoms with E-state index in [1.807, 2.05) is 0 Å². The van der Waals surface area contributed by atoms with Crippen molar-refractivity contribution >= 4 is 11.7 Å². The fourth-order valence-electron chi connectivity index (χ4n) is 2.48. The van der Waals surface area contributed by atoms with Gasteiger partial charge in [-0.3, -0.25) is 4.98 Å². The van der Waals surface area contributed by atoms with E-state index in [0.717, 1.165) is 12.8 Å². The molecule has 1 unspecified atom stereocenters. The zero-order valence-corrected chi connectivity index (χ0v) is 10.2. The van der Waals surface area contributed by atoms with Gasteiger partial charge in [-0.15, -0.1) is 0 Å². The predicted molar refractivity (Wildman–Crippen MR) is 66.2 cm³/mol. The van der Waals surface area contributed by atoms with Gasteiger partial charge in [0.2, 0.25) is 0 Å². The van der Waals surface area contributed by atoms with Crippen LogP contribution in [0.5, 0.6) is 0 Å². The largest absolute Gasteiger partial charge is 0.478 e. The molecule has 2 rings (SSSR count). The smallest absolute Gasteiger partial charge is 0.337 e. The lowest BCUT2D eigenvalue weighted by atomic mass is 9.92. The summed E-state index contributed by atoms with van der Waals surface area (Å²) < 4.78 is 0. The summed E-state index contributed by atoms with van der Waals surface area (Å²) in [6.07, 6.45) is 6.43. The van der Waals surface area contributed by atoms with Gasteiger partial charge in [0.05, 0.1) is 17.4 Å². The van der Waals surface area contributed by atoms with Gasteiger partial charge in [0.1, 0.15) is 0 Å². The molecule has 0 spiro atoms. The normalized spacial score (nSPS) is 22.4. The number of hydrogen-bond acceptors (Lipinski definition) is 3. The van der Waals surface area contributed by atoms with Gasteiger partial charge < -0.3 is 10.4 Å². The van der Waals surface area contributed by atoms with Crippen molar-refractivity contribution in [2.24, 2.45) is 5.41 Å².